The molecular weight excluding hydrogens is 160 g/mol. The number of aryl methyl sites for hydroxylation is 2. The van der Waals surface area contributed by atoms with Crippen LogP contribution in [0.5, 0.6) is 0 Å². The van der Waals surface area contributed by atoms with Gasteiger partial charge < -0.3 is 5.11 Å². The fourth-order valence-electron chi connectivity index (χ4n) is 2.30. The van der Waals surface area contributed by atoms with E-state index in [1.165, 1.54) is 22.3 Å². The second-order valence-electron chi connectivity index (χ2n) is 4.06. The Bertz CT molecular complexity index is 328. The van der Waals surface area contributed by atoms with Crippen molar-refractivity contribution >= 4 is 0 Å². The molecule has 1 aliphatic rings. The minimum absolute atomic E-state index is 0.220. The van der Waals surface area contributed by atoms with Gasteiger partial charge in [-0.25, -0.2) is 0 Å². The zero-order chi connectivity index (χ0) is 9.42. The standard InChI is InChI=1S/C12H16O/c1-8-6-9(2)10-4-3-5-12(13)11(10)7-8/h6-7,12-13H,3-5H2,1-2H3/t12-/m0/s1. The number of fused-ring (bicyclic) bond motifs is 1. The molecular formula is C12H16O. The number of benzene rings is 1. The van der Waals surface area contributed by atoms with Crippen LogP contribution < -0.4 is 0 Å². The van der Waals surface area contributed by atoms with Gasteiger partial charge in [-0.2, -0.15) is 0 Å². The van der Waals surface area contributed by atoms with Gasteiger partial charge in [0.1, 0.15) is 0 Å². The molecule has 1 nitrogen and oxygen atoms in total. The smallest absolute Gasteiger partial charge is 0.0793 e. The van der Waals surface area contributed by atoms with Crippen molar-refractivity contribution in [3.8, 4) is 0 Å². The Labute approximate surface area is 79.4 Å². The Morgan fingerprint density at radius 3 is 2.85 bits per heavy atom. The third-order valence-corrected chi connectivity index (χ3v) is 2.92. The Hall–Kier alpha value is -0.820. The van der Waals surface area contributed by atoms with Gasteiger partial charge in [0.05, 0.1) is 6.10 Å². The van der Waals surface area contributed by atoms with Crippen molar-refractivity contribution in [3.05, 3.63) is 34.4 Å². The van der Waals surface area contributed by atoms with Crippen LogP contribution in [0.3, 0.4) is 0 Å². The molecule has 13 heavy (non-hydrogen) atoms. The molecule has 0 aromatic heterocycles. The van der Waals surface area contributed by atoms with E-state index in [4.69, 9.17) is 0 Å². The van der Waals surface area contributed by atoms with Gasteiger partial charge in [0, 0.05) is 0 Å². The highest BCUT2D eigenvalue weighted by molar-refractivity contribution is 5.40. The first-order valence-electron chi connectivity index (χ1n) is 4.96. The van der Waals surface area contributed by atoms with Crippen molar-refractivity contribution in [1.29, 1.82) is 0 Å². The molecule has 1 N–H and O–H groups in total. The molecule has 0 radical (unpaired) electrons. The summed E-state index contributed by atoms with van der Waals surface area (Å²) in [7, 11) is 0. The van der Waals surface area contributed by atoms with Crippen molar-refractivity contribution in [2.45, 2.75) is 39.2 Å². The Morgan fingerprint density at radius 2 is 2.08 bits per heavy atom. The molecule has 0 bridgehead atoms. The molecule has 0 saturated heterocycles. The number of rotatable bonds is 0. The van der Waals surface area contributed by atoms with Crippen LogP contribution in [0.2, 0.25) is 0 Å². The Morgan fingerprint density at radius 1 is 1.31 bits per heavy atom. The average molecular weight is 176 g/mol. The van der Waals surface area contributed by atoms with E-state index >= 15 is 0 Å². The Kier molecular flexibility index (Phi) is 2.12. The second-order valence-corrected chi connectivity index (χ2v) is 4.06. The zero-order valence-corrected chi connectivity index (χ0v) is 8.30. The number of aliphatic hydroxyl groups is 1. The van der Waals surface area contributed by atoms with E-state index in [1.54, 1.807) is 0 Å². The van der Waals surface area contributed by atoms with Crippen molar-refractivity contribution in [2.75, 3.05) is 0 Å². The summed E-state index contributed by atoms with van der Waals surface area (Å²) in [5.41, 5.74) is 5.15. The molecule has 0 heterocycles. The average Bonchev–Trinajstić information content (AvgIpc) is 2.07. The molecule has 0 saturated carbocycles. The Balaban J connectivity index is 2.56. The third kappa shape index (κ3) is 1.49. The molecule has 0 aliphatic heterocycles. The molecule has 1 aromatic carbocycles. The van der Waals surface area contributed by atoms with E-state index in [-0.39, 0.29) is 6.10 Å². The van der Waals surface area contributed by atoms with Gasteiger partial charge in [-0.3, -0.25) is 0 Å². The monoisotopic (exact) mass is 176 g/mol. The highest BCUT2D eigenvalue weighted by Gasteiger charge is 2.19. The highest BCUT2D eigenvalue weighted by Crippen LogP contribution is 2.32. The molecule has 0 fully saturated rings. The zero-order valence-electron chi connectivity index (χ0n) is 8.30. The largest absolute Gasteiger partial charge is 0.388 e. The van der Waals surface area contributed by atoms with Crippen LogP contribution >= 0.6 is 0 Å². The minimum Gasteiger partial charge on any atom is -0.388 e. The molecule has 1 heteroatoms. The summed E-state index contributed by atoms with van der Waals surface area (Å²) in [5, 5.41) is 9.81. The molecule has 1 atom stereocenters. The lowest BCUT2D eigenvalue weighted by Gasteiger charge is -2.23. The third-order valence-electron chi connectivity index (χ3n) is 2.92. The lowest BCUT2D eigenvalue weighted by atomic mass is 9.85. The summed E-state index contributed by atoms with van der Waals surface area (Å²) in [6, 6.07) is 4.34. The van der Waals surface area contributed by atoms with Crippen molar-refractivity contribution in [3.63, 3.8) is 0 Å². The van der Waals surface area contributed by atoms with Gasteiger partial charge in [-0.15, -0.1) is 0 Å². The van der Waals surface area contributed by atoms with Gasteiger partial charge >= 0.3 is 0 Å². The summed E-state index contributed by atoms with van der Waals surface area (Å²) in [4.78, 5) is 0. The van der Waals surface area contributed by atoms with E-state index in [9.17, 15) is 5.11 Å². The predicted molar refractivity (Wildman–Crippen MR) is 53.8 cm³/mol. The van der Waals surface area contributed by atoms with E-state index < -0.39 is 0 Å². The maximum atomic E-state index is 9.81. The van der Waals surface area contributed by atoms with E-state index in [2.05, 4.69) is 26.0 Å². The maximum Gasteiger partial charge on any atom is 0.0793 e. The number of hydrogen-bond acceptors (Lipinski definition) is 1. The van der Waals surface area contributed by atoms with Crippen LogP contribution in [0.15, 0.2) is 12.1 Å². The fraction of sp³-hybridized carbons (Fsp3) is 0.500. The van der Waals surface area contributed by atoms with Crippen LogP contribution in [-0.4, -0.2) is 5.11 Å². The molecule has 0 spiro atoms. The molecule has 70 valence electrons. The van der Waals surface area contributed by atoms with Gasteiger partial charge in [-0.05, 0) is 49.8 Å². The summed E-state index contributed by atoms with van der Waals surface area (Å²) in [6.07, 6.45) is 2.97. The molecule has 1 aromatic rings. The quantitative estimate of drug-likeness (QED) is 0.644. The lowest BCUT2D eigenvalue weighted by Crippen LogP contribution is -2.10. The topological polar surface area (TPSA) is 20.2 Å². The van der Waals surface area contributed by atoms with Gasteiger partial charge in [-0.1, -0.05) is 17.7 Å². The van der Waals surface area contributed by atoms with Crippen LogP contribution in [-0.2, 0) is 6.42 Å². The van der Waals surface area contributed by atoms with Crippen molar-refractivity contribution < 1.29 is 5.11 Å². The highest BCUT2D eigenvalue weighted by atomic mass is 16.3. The normalized spacial score (nSPS) is 21.3. The molecule has 0 amide bonds. The van der Waals surface area contributed by atoms with Crippen LogP contribution in [0.1, 0.15) is 41.2 Å². The first kappa shape index (κ1) is 8.76. The fourth-order valence-corrected chi connectivity index (χ4v) is 2.30. The molecule has 1 aliphatic carbocycles. The van der Waals surface area contributed by atoms with Crippen LogP contribution in [0.4, 0.5) is 0 Å². The molecule has 2 rings (SSSR count). The van der Waals surface area contributed by atoms with E-state index in [1.807, 2.05) is 0 Å². The van der Waals surface area contributed by atoms with E-state index in [0.29, 0.717) is 0 Å². The summed E-state index contributed by atoms with van der Waals surface area (Å²) in [6.45, 7) is 4.23. The van der Waals surface area contributed by atoms with Crippen LogP contribution in [0.25, 0.3) is 0 Å². The summed E-state index contributed by atoms with van der Waals surface area (Å²) < 4.78 is 0. The van der Waals surface area contributed by atoms with Gasteiger partial charge in [0.25, 0.3) is 0 Å². The van der Waals surface area contributed by atoms with Crippen molar-refractivity contribution in [2.24, 2.45) is 0 Å². The first-order chi connectivity index (χ1) is 6.18. The minimum atomic E-state index is -0.220. The SMILES string of the molecule is Cc1cc(C)c2c(c1)[C@@H](O)CCC2. The summed E-state index contributed by atoms with van der Waals surface area (Å²) in [5.74, 6) is 0. The second kappa shape index (κ2) is 3.15. The molecule has 0 unspecified atom stereocenters. The predicted octanol–water partition coefficient (Wildman–Crippen LogP) is 2.67. The van der Waals surface area contributed by atoms with Gasteiger partial charge in [0.2, 0.25) is 0 Å². The van der Waals surface area contributed by atoms with Crippen molar-refractivity contribution in [1.82, 2.24) is 0 Å². The lowest BCUT2D eigenvalue weighted by molar-refractivity contribution is 0.156. The number of aliphatic hydroxyl groups excluding tert-OH is 1. The van der Waals surface area contributed by atoms with E-state index in [0.717, 1.165) is 19.3 Å². The van der Waals surface area contributed by atoms with Crippen LogP contribution in [0, 0.1) is 13.8 Å². The number of hydrogen-bond donors (Lipinski definition) is 1. The first-order valence-corrected chi connectivity index (χ1v) is 4.96. The maximum absolute atomic E-state index is 9.81. The van der Waals surface area contributed by atoms with Gasteiger partial charge in [0.15, 0.2) is 0 Å². The summed E-state index contributed by atoms with van der Waals surface area (Å²) >= 11 is 0.